The second-order valence-corrected chi connectivity index (χ2v) is 4.23. The Labute approximate surface area is 123 Å². The lowest BCUT2D eigenvalue weighted by Crippen LogP contribution is -2.10. The van der Waals surface area contributed by atoms with Gasteiger partial charge in [0.1, 0.15) is 18.8 Å². The number of methoxy groups -OCH3 is 2. The highest BCUT2D eigenvalue weighted by molar-refractivity contribution is 5.90. The molecule has 0 atom stereocenters. The summed E-state index contributed by atoms with van der Waals surface area (Å²) in [7, 11) is 3.21. The molecule has 1 aromatic heterocycles. The zero-order chi connectivity index (χ0) is 15.1. The van der Waals surface area contributed by atoms with Crippen molar-refractivity contribution in [3.63, 3.8) is 0 Å². The van der Waals surface area contributed by atoms with E-state index < -0.39 is 0 Å². The molecule has 0 amide bonds. The normalized spacial score (nSPS) is 10.8. The first-order chi connectivity index (χ1) is 10.3. The molecule has 1 heterocycles. The number of nitrogens with two attached hydrogens (primary N) is 1. The van der Waals surface area contributed by atoms with Crippen molar-refractivity contribution in [2.24, 2.45) is 0 Å². The minimum absolute atomic E-state index is 0.402. The molecule has 0 aliphatic rings. The average Bonchev–Trinajstić information content (AvgIpc) is 2.50. The Balaban J connectivity index is 2.05. The van der Waals surface area contributed by atoms with Gasteiger partial charge in [0.25, 0.3) is 0 Å². The highest BCUT2D eigenvalue weighted by atomic mass is 16.5. The van der Waals surface area contributed by atoms with Crippen LogP contribution in [0, 0.1) is 0 Å². The maximum atomic E-state index is 5.84. The van der Waals surface area contributed by atoms with Crippen LogP contribution in [0.15, 0.2) is 18.5 Å². The summed E-state index contributed by atoms with van der Waals surface area (Å²) < 4.78 is 21.2. The van der Waals surface area contributed by atoms with Gasteiger partial charge in [0.2, 0.25) is 0 Å². The van der Waals surface area contributed by atoms with Crippen LogP contribution in [0.5, 0.6) is 11.5 Å². The van der Waals surface area contributed by atoms with Gasteiger partial charge in [0, 0.05) is 18.6 Å². The number of ether oxygens (including phenoxy) is 4. The predicted octanol–water partition coefficient (Wildman–Crippen LogP) is 1.26. The van der Waals surface area contributed by atoms with Crippen LogP contribution in [0.2, 0.25) is 0 Å². The van der Waals surface area contributed by atoms with E-state index in [0.717, 1.165) is 5.39 Å². The predicted molar refractivity (Wildman–Crippen MR) is 78.7 cm³/mol. The van der Waals surface area contributed by atoms with Crippen LogP contribution in [0.25, 0.3) is 10.9 Å². The Hall–Kier alpha value is -2.12. The third-order valence-corrected chi connectivity index (χ3v) is 2.87. The number of nitrogen functional groups attached to an aromatic ring is 1. The lowest BCUT2D eigenvalue weighted by atomic mass is 10.2. The number of hydrogen-bond donors (Lipinski definition) is 1. The van der Waals surface area contributed by atoms with Crippen molar-refractivity contribution in [3.05, 3.63) is 18.5 Å². The van der Waals surface area contributed by atoms with E-state index in [4.69, 9.17) is 24.7 Å². The summed E-state index contributed by atoms with van der Waals surface area (Å²) in [5, 5.41) is 0.730. The molecule has 0 aliphatic carbocycles. The first kappa shape index (κ1) is 15.3. The maximum Gasteiger partial charge on any atom is 0.162 e. The van der Waals surface area contributed by atoms with E-state index in [2.05, 4.69) is 9.97 Å². The minimum atomic E-state index is 0.402. The summed E-state index contributed by atoms with van der Waals surface area (Å²) in [6.45, 7) is 1.97. The van der Waals surface area contributed by atoms with Crippen LogP contribution in [-0.2, 0) is 9.47 Å². The topological polar surface area (TPSA) is 88.7 Å². The molecule has 21 heavy (non-hydrogen) atoms. The van der Waals surface area contributed by atoms with Gasteiger partial charge in [-0.1, -0.05) is 0 Å². The summed E-state index contributed by atoms with van der Waals surface area (Å²) in [5.41, 5.74) is 6.55. The number of nitrogens with zero attached hydrogens (tertiary/aromatic N) is 2. The quantitative estimate of drug-likeness (QED) is 0.733. The molecule has 7 heteroatoms. The minimum Gasteiger partial charge on any atom is -0.493 e. The smallest absolute Gasteiger partial charge is 0.162 e. The van der Waals surface area contributed by atoms with Crippen molar-refractivity contribution in [3.8, 4) is 11.5 Å². The summed E-state index contributed by atoms with van der Waals surface area (Å²) >= 11 is 0. The molecule has 0 radical (unpaired) electrons. The number of aromatic nitrogens is 2. The molecule has 0 fully saturated rings. The van der Waals surface area contributed by atoms with Crippen LogP contribution in [0.4, 0.5) is 5.82 Å². The van der Waals surface area contributed by atoms with E-state index in [1.54, 1.807) is 26.4 Å². The van der Waals surface area contributed by atoms with Gasteiger partial charge in [0.15, 0.2) is 11.5 Å². The molecule has 114 valence electrons. The largest absolute Gasteiger partial charge is 0.493 e. The Morgan fingerprint density at radius 2 is 1.81 bits per heavy atom. The van der Waals surface area contributed by atoms with Crippen molar-refractivity contribution < 1.29 is 18.9 Å². The molecule has 2 N–H and O–H groups in total. The van der Waals surface area contributed by atoms with Crippen molar-refractivity contribution in [2.45, 2.75) is 0 Å². The van der Waals surface area contributed by atoms with Gasteiger partial charge in [-0.2, -0.15) is 0 Å². The standard InChI is InChI=1S/C14H19N3O4/c1-18-3-4-20-5-6-21-13-7-10-11(8-12(13)19-2)16-9-17-14(10)15/h7-9H,3-6H2,1-2H3,(H2,15,16,17). The SMILES string of the molecule is COCCOCCOc1cc2c(N)ncnc2cc1OC. The number of fused-ring (bicyclic) bond motifs is 1. The number of rotatable bonds is 8. The highest BCUT2D eigenvalue weighted by Gasteiger charge is 2.10. The Kier molecular flexibility index (Phi) is 5.53. The fraction of sp³-hybridized carbons (Fsp3) is 0.429. The van der Waals surface area contributed by atoms with E-state index in [9.17, 15) is 0 Å². The zero-order valence-electron chi connectivity index (χ0n) is 12.2. The monoisotopic (exact) mass is 293 g/mol. The molecule has 7 nitrogen and oxygen atoms in total. The molecular formula is C14H19N3O4. The third-order valence-electron chi connectivity index (χ3n) is 2.87. The van der Waals surface area contributed by atoms with Gasteiger partial charge in [-0.15, -0.1) is 0 Å². The van der Waals surface area contributed by atoms with E-state index in [0.29, 0.717) is 49.3 Å². The van der Waals surface area contributed by atoms with Crippen molar-refractivity contribution in [2.75, 3.05) is 46.4 Å². The molecule has 0 aliphatic heterocycles. The van der Waals surface area contributed by atoms with Gasteiger partial charge >= 0.3 is 0 Å². The van der Waals surface area contributed by atoms with Gasteiger partial charge in [-0.25, -0.2) is 9.97 Å². The Bertz CT molecular complexity index is 592. The van der Waals surface area contributed by atoms with Gasteiger partial charge in [0.05, 0.1) is 32.4 Å². The first-order valence-corrected chi connectivity index (χ1v) is 6.54. The Morgan fingerprint density at radius 3 is 2.57 bits per heavy atom. The van der Waals surface area contributed by atoms with E-state index >= 15 is 0 Å². The van der Waals surface area contributed by atoms with E-state index in [1.807, 2.05) is 0 Å². The molecule has 2 aromatic rings. The number of benzene rings is 1. The van der Waals surface area contributed by atoms with Crippen molar-refractivity contribution in [1.29, 1.82) is 0 Å². The summed E-state index contributed by atoms with van der Waals surface area (Å²) in [5.74, 6) is 1.59. The second kappa shape index (κ2) is 7.61. The van der Waals surface area contributed by atoms with Crippen LogP contribution in [-0.4, -0.2) is 50.6 Å². The number of anilines is 1. The molecule has 0 unspecified atom stereocenters. The average molecular weight is 293 g/mol. The molecule has 0 saturated heterocycles. The van der Waals surface area contributed by atoms with Gasteiger partial charge in [-0.3, -0.25) is 0 Å². The van der Waals surface area contributed by atoms with Crippen molar-refractivity contribution in [1.82, 2.24) is 9.97 Å². The maximum absolute atomic E-state index is 5.84. The molecular weight excluding hydrogens is 274 g/mol. The highest BCUT2D eigenvalue weighted by Crippen LogP contribution is 2.32. The lowest BCUT2D eigenvalue weighted by molar-refractivity contribution is 0.0540. The summed E-state index contributed by atoms with van der Waals surface area (Å²) in [4.78, 5) is 8.12. The van der Waals surface area contributed by atoms with Gasteiger partial charge < -0.3 is 24.7 Å². The van der Waals surface area contributed by atoms with Crippen LogP contribution in [0.3, 0.4) is 0 Å². The third kappa shape index (κ3) is 3.93. The summed E-state index contributed by atoms with van der Waals surface area (Å²) in [6, 6.07) is 3.55. The molecule has 1 aromatic carbocycles. The fourth-order valence-corrected chi connectivity index (χ4v) is 1.81. The molecule has 0 bridgehead atoms. The molecule has 2 rings (SSSR count). The van der Waals surface area contributed by atoms with E-state index in [-0.39, 0.29) is 0 Å². The van der Waals surface area contributed by atoms with Crippen LogP contribution in [0.1, 0.15) is 0 Å². The van der Waals surface area contributed by atoms with Gasteiger partial charge in [-0.05, 0) is 6.07 Å². The molecule has 0 spiro atoms. The fourth-order valence-electron chi connectivity index (χ4n) is 1.81. The van der Waals surface area contributed by atoms with Crippen LogP contribution < -0.4 is 15.2 Å². The number of hydrogen-bond acceptors (Lipinski definition) is 7. The Morgan fingerprint density at radius 1 is 1.00 bits per heavy atom. The zero-order valence-corrected chi connectivity index (χ0v) is 12.2. The van der Waals surface area contributed by atoms with Crippen LogP contribution >= 0.6 is 0 Å². The first-order valence-electron chi connectivity index (χ1n) is 6.54. The summed E-state index contributed by atoms with van der Waals surface area (Å²) in [6.07, 6.45) is 1.42. The van der Waals surface area contributed by atoms with E-state index in [1.165, 1.54) is 6.33 Å². The molecule has 0 saturated carbocycles. The van der Waals surface area contributed by atoms with Crippen molar-refractivity contribution >= 4 is 16.7 Å². The lowest BCUT2D eigenvalue weighted by Gasteiger charge is -2.12. The second-order valence-electron chi connectivity index (χ2n) is 4.23.